The summed E-state index contributed by atoms with van der Waals surface area (Å²) in [6.07, 6.45) is 1.49. The quantitative estimate of drug-likeness (QED) is 0.763. The van der Waals surface area contributed by atoms with Crippen molar-refractivity contribution >= 4 is 34.5 Å². The van der Waals surface area contributed by atoms with Crippen molar-refractivity contribution in [2.45, 2.75) is 18.1 Å². The predicted molar refractivity (Wildman–Crippen MR) is 87.6 cm³/mol. The molecule has 0 aliphatic heterocycles. The molecule has 0 spiro atoms. The Morgan fingerprint density at radius 2 is 1.95 bits per heavy atom. The molecule has 1 N–H and O–H groups in total. The minimum Gasteiger partial charge on any atom is -0.478 e. The topological polar surface area (TPSA) is 37.3 Å². The molecule has 0 radical (unpaired) electrons. The zero-order valence-corrected chi connectivity index (χ0v) is 13.3. The molecule has 0 aliphatic carbocycles. The molecular formula is C16H15BrO2S. The van der Waals surface area contributed by atoms with E-state index in [1.54, 1.807) is 12.1 Å². The number of rotatable bonds is 5. The van der Waals surface area contributed by atoms with Gasteiger partial charge in [-0.3, -0.25) is 0 Å². The van der Waals surface area contributed by atoms with Crippen molar-refractivity contribution in [2.24, 2.45) is 0 Å². The Labute approximate surface area is 132 Å². The van der Waals surface area contributed by atoms with Crippen LogP contribution in [0.1, 0.15) is 33.2 Å². The van der Waals surface area contributed by atoms with Crippen LogP contribution in [-0.2, 0) is 6.42 Å². The summed E-state index contributed by atoms with van der Waals surface area (Å²) < 4.78 is 1.03. The second-order valence-corrected chi connectivity index (χ2v) is 6.11. The van der Waals surface area contributed by atoms with Gasteiger partial charge < -0.3 is 5.11 Å². The van der Waals surface area contributed by atoms with Gasteiger partial charge in [0, 0.05) is 9.72 Å². The number of carboxylic acids is 1. The molecule has 0 fully saturated rings. The summed E-state index contributed by atoms with van der Waals surface area (Å²) in [5.74, 6) is -0.876. The van der Waals surface area contributed by atoms with E-state index < -0.39 is 5.97 Å². The lowest BCUT2D eigenvalue weighted by molar-refractivity contribution is 0.0695. The van der Waals surface area contributed by atoms with Crippen LogP contribution in [-0.4, -0.2) is 11.1 Å². The number of hydrogen-bond acceptors (Lipinski definition) is 2. The van der Waals surface area contributed by atoms with E-state index in [1.807, 2.05) is 36.4 Å². The number of hydrogen-bond donors (Lipinski definition) is 2. The third-order valence-electron chi connectivity index (χ3n) is 3.17. The first-order chi connectivity index (χ1) is 9.58. The predicted octanol–water partition coefficient (Wildman–Crippen LogP) is 4.75. The first-order valence-corrected chi connectivity index (χ1v) is 7.63. The Morgan fingerprint density at radius 3 is 2.65 bits per heavy atom. The number of aryl methyl sites for hydroxylation is 1. The summed E-state index contributed by atoms with van der Waals surface area (Å²) in [6, 6.07) is 15.2. The molecule has 2 aromatic rings. The summed E-state index contributed by atoms with van der Waals surface area (Å²) in [5.41, 5.74) is 2.37. The molecule has 2 aromatic carbocycles. The highest BCUT2D eigenvalue weighted by atomic mass is 79.9. The number of aromatic carboxylic acids is 1. The molecular weight excluding hydrogens is 336 g/mol. The molecule has 2 nitrogen and oxygen atoms in total. The van der Waals surface area contributed by atoms with Crippen LogP contribution in [0, 0.1) is 0 Å². The van der Waals surface area contributed by atoms with Crippen LogP contribution in [0.5, 0.6) is 0 Å². The number of halogens is 1. The standard InChI is InChI=1S/C16H15BrO2S/c17-13-6-3-5-12(10-13)15(20)9-8-11-4-1-2-7-14(11)16(18)19/h1-7,10,15,20H,8-9H2,(H,18,19)/t15-/m1/s1. The molecule has 0 aromatic heterocycles. The lowest BCUT2D eigenvalue weighted by Gasteiger charge is -2.12. The summed E-state index contributed by atoms with van der Waals surface area (Å²) >= 11 is 8.06. The van der Waals surface area contributed by atoms with Crippen molar-refractivity contribution in [1.29, 1.82) is 0 Å². The minimum absolute atomic E-state index is 0.0920. The fraction of sp³-hybridized carbons (Fsp3) is 0.188. The molecule has 4 heteroatoms. The number of carbonyl (C=O) groups is 1. The number of benzene rings is 2. The zero-order valence-electron chi connectivity index (χ0n) is 10.8. The van der Waals surface area contributed by atoms with Gasteiger partial charge in [0.1, 0.15) is 0 Å². The van der Waals surface area contributed by atoms with Gasteiger partial charge in [0.05, 0.1) is 5.56 Å². The fourth-order valence-electron chi connectivity index (χ4n) is 2.12. The lowest BCUT2D eigenvalue weighted by atomic mass is 9.99. The third-order valence-corrected chi connectivity index (χ3v) is 4.22. The molecule has 0 saturated heterocycles. The molecule has 0 bridgehead atoms. The van der Waals surface area contributed by atoms with Gasteiger partial charge in [-0.15, -0.1) is 0 Å². The van der Waals surface area contributed by atoms with Gasteiger partial charge in [-0.05, 0) is 42.2 Å². The van der Waals surface area contributed by atoms with Crippen LogP contribution >= 0.6 is 28.6 Å². The Bertz CT molecular complexity index is 613. The van der Waals surface area contributed by atoms with Crippen molar-refractivity contribution in [3.8, 4) is 0 Å². The SMILES string of the molecule is O=C(O)c1ccccc1CC[C@@H](S)c1cccc(Br)c1. The Kier molecular flexibility index (Phi) is 5.26. The van der Waals surface area contributed by atoms with Crippen LogP contribution in [0.25, 0.3) is 0 Å². The van der Waals surface area contributed by atoms with Crippen LogP contribution in [0.4, 0.5) is 0 Å². The molecule has 104 valence electrons. The van der Waals surface area contributed by atoms with E-state index in [0.29, 0.717) is 12.0 Å². The molecule has 0 unspecified atom stereocenters. The van der Waals surface area contributed by atoms with Crippen LogP contribution in [0.2, 0.25) is 0 Å². The Balaban J connectivity index is 2.07. The Morgan fingerprint density at radius 1 is 1.20 bits per heavy atom. The minimum atomic E-state index is -0.876. The van der Waals surface area contributed by atoms with Gasteiger partial charge in [0.2, 0.25) is 0 Å². The summed E-state index contributed by atoms with van der Waals surface area (Å²) in [6.45, 7) is 0. The van der Waals surface area contributed by atoms with E-state index >= 15 is 0 Å². The number of carboxylic acid groups (broad SMARTS) is 1. The zero-order chi connectivity index (χ0) is 14.5. The highest BCUT2D eigenvalue weighted by Crippen LogP contribution is 2.28. The molecule has 0 amide bonds. The molecule has 0 aliphatic rings. The van der Waals surface area contributed by atoms with Gasteiger partial charge >= 0.3 is 5.97 Å². The first-order valence-electron chi connectivity index (χ1n) is 6.32. The van der Waals surface area contributed by atoms with Gasteiger partial charge in [-0.2, -0.15) is 12.6 Å². The van der Waals surface area contributed by atoms with Crippen LogP contribution < -0.4 is 0 Å². The molecule has 1 atom stereocenters. The van der Waals surface area contributed by atoms with Crippen LogP contribution in [0.15, 0.2) is 53.0 Å². The average Bonchev–Trinajstić information content (AvgIpc) is 2.45. The van der Waals surface area contributed by atoms with E-state index in [4.69, 9.17) is 5.11 Å². The highest BCUT2D eigenvalue weighted by Gasteiger charge is 2.12. The van der Waals surface area contributed by atoms with E-state index in [0.717, 1.165) is 22.0 Å². The Hall–Kier alpha value is -1.26. The van der Waals surface area contributed by atoms with Crippen molar-refractivity contribution in [1.82, 2.24) is 0 Å². The second-order valence-electron chi connectivity index (χ2n) is 4.57. The smallest absolute Gasteiger partial charge is 0.335 e. The van der Waals surface area contributed by atoms with Gasteiger partial charge in [0.15, 0.2) is 0 Å². The highest BCUT2D eigenvalue weighted by molar-refractivity contribution is 9.10. The van der Waals surface area contributed by atoms with Crippen molar-refractivity contribution in [3.63, 3.8) is 0 Å². The maximum absolute atomic E-state index is 11.2. The van der Waals surface area contributed by atoms with Crippen LogP contribution in [0.3, 0.4) is 0 Å². The molecule has 0 saturated carbocycles. The first kappa shape index (κ1) is 15.1. The van der Waals surface area contributed by atoms with E-state index in [1.165, 1.54) is 0 Å². The summed E-state index contributed by atoms with van der Waals surface area (Å²) in [4.78, 5) is 11.2. The van der Waals surface area contributed by atoms with Crippen molar-refractivity contribution in [3.05, 3.63) is 69.7 Å². The average molecular weight is 351 g/mol. The van der Waals surface area contributed by atoms with E-state index in [-0.39, 0.29) is 5.25 Å². The lowest BCUT2D eigenvalue weighted by Crippen LogP contribution is -2.03. The third kappa shape index (κ3) is 3.87. The summed E-state index contributed by atoms with van der Waals surface area (Å²) in [5, 5.41) is 9.25. The van der Waals surface area contributed by atoms with E-state index in [2.05, 4.69) is 28.6 Å². The van der Waals surface area contributed by atoms with Gasteiger partial charge in [0.25, 0.3) is 0 Å². The monoisotopic (exact) mass is 350 g/mol. The number of thiol groups is 1. The summed E-state index contributed by atoms with van der Waals surface area (Å²) in [7, 11) is 0. The fourth-order valence-corrected chi connectivity index (χ4v) is 2.83. The molecule has 0 heterocycles. The second kappa shape index (κ2) is 6.95. The van der Waals surface area contributed by atoms with Gasteiger partial charge in [-0.25, -0.2) is 4.79 Å². The molecule has 2 rings (SSSR count). The maximum atomic E-state index is 11.2. The largest absolute Gasteiger partial charge is 0.478 e. The maximum Gasteiger partial charge on any atom is 0.335 e. The van der Waals surface area contributed by atoms with Gasteiger partial charge in [-0.1, -0.05) is 46.3 Å². The van der Waals surface area contributed by atoms with Crippen molar-refractivity contribution < 1.29 is 9.90 Å². The molecule has 20 heavy (non-hydrogen) atoms. The van der Waals surface area contributed by atoms with Crippen molar-refractivity contribution in [2.75, 3.05) is 0 Å². The normalized spacial score (nSPS) is 12.1. The van der Waals surface area contributed by atoms with E-state index in [9.17, 15) is 4.79 Å².